The van der Waals surface area contributed by atoms with E-state index in [-0.39, 0.29) is 17.9 Å². The van der Waals surface area contributed by atoms with Crippen LogP contribution in [0.15, 0.2) is 30.3 Å². The lowest BCUT2D eigenvalue weighted by Crippen LogP contribution is -2.31. The number of aromatic nitrogens is 2. The summed E-state index contributed by atoms with van der Waals surface area (Å²) in [6, 6.07) is 9.71. The molecule has 1 aromatic carbocycles. The second-order valence-electron chi connectivity index (χ2n) is 5.59. The smallest absolute Gasteiger partial charge is 0.273 e. The lowest BCUT2D eigenvalue weighted by atomic mass is 10.0. The minimum atomic E-state index is -0.458. The van der Waals surface area contributed by atoms with Crippen molar-refractivity contribution in [3.05, 3.63) is 52.8 Å². The van der Waals surface area contributed by atoms with E-state index in [0.717, 1.165) is 11.1 Å². The van der Waals surface area contributed by atoms with E-state index in [0.29, 0.717) is 17.9 Å². The maximum Gasteiger partial charge on any atom is 0.273 e. The molecule has 0 radical (unpaired) electrons. The van der Waals surface area contributed by atoms with Crippen LogP contribution < -0.4 is 5.73 Å². The first-order chi connectivity index (χ1) is 10.5. The molecule has 1 atom stereocenters. The fraction of sp³-hybridized carbons (Fsp3) is 0.312. The van der Waals surface area contributed by atoms with E-state index in [2.05, 4.69) is 9.97 Å². The zero-order valence-electron chi connectivity index (χ0n) is 12.5. The Bertz CT molecular complexity index is 718. The van der Waals surface area contributed by atoms with Crippen molar-refractivity contribution in [2.45, 2.75) is 31.8 Å². The number of nitrogen functional groups attached to an aromatic ring is 1. The van der Waals surface area contributed by atoms with Crippen LogP contribution in [0.4, 0.5) is 5.95 Å². The molecular weight excluding hydrogens is 300 g/mol. The molecule has 1 unspecified atom stereocenters. The molecule has 1 aliphatic rings. The van der Waals surface area contributed by atoms with Gasteiger partial charge in [-0.1, -0.05) is 30.3 Å². The Labute approximate surface area is 134 Å². The molecule has 0 saturated heterocycles. The average Bonchev–Trinajstić information content (AvgIpc) is 2.84. The zero-order chi connectivity index (χ0) is 15.9. The van der Waals surface area contributed by atoms with E-state index in [1.54, 1.807) is 4.90 Å². The SMILES string of the molecule is CC(C)N1Cc2c(nc(N)nc2C(Cl)c2ccccc2)C1=O. The summed E-state index contributed by atoms with van der Waals surface area (Å²) in [6.45, 7) is 4.41. The van der Waals surface area contributed by atoms with Crippen molar-refractivity contribution in [1.82, 2.24) is 14.9 Å². The van der Waals surface area contributed by atoms with E-state index in [4.69, 9.17) is 17.3 Å². The molecule has 2 N–H and O–H groups in total. The molecule has 0 saturated carbocycles. The average molecular weight is 317 g/mol. The molecular formula is C16H17ClN4O. The van der Waals surface area contributed by atoms with Gasteiger partial charge in [-0.2, -0.15) is 0 Å². The fourth-order valence-electron chi connectivity index (χ4n) is 2.64. The summed E-state index contributed by atoms with van der Waals surface area (Å²) in [5.74, 6) is -0.0356. The highest BCUT2D eigenvalue weighted by Gasteiger charge is 2.35. The quantitative estimate of drug-likeness (QED) is 0.884. The maximum absolute atomic E-state index is 12.4. The van der Waals surface area contributed by atoms with E-state index in [1.807, 2.05) is 44.2 Å². The number of rotatable bonds is 3. The fourth-order valence-corrected chi connectivity index (χ4v) is 2.96. The number of hydrogen-bond acceptors (Lipinski definition) is 4. The van der Waals surface area contributed by atoms with E-state index < -0.39 is 5.38 Å². The zero-order valence-corrected chi connectivity index (χ0v) is 13.2. The summed E-state index contributed by atoms with van der Waals surface area (Å²) in [6.07, 6.45) is 0. The first kappa shape index (κ1) is 14.8. The minimum Gasteiger partial charge on any atom is -0.368 e. The Morgan fingerprint density at radius 1 is 1.23 bits per heavy atom. The molecule has 2 heterocycles. The monoisotopic (exact) mass is 316 g/mol. The summed E-state index contributed by atoms with van der Waals surface area (Å²) in [7, 11) is 0. The molecule has 2 aromatic rings. The van der Waals surface area contributed by atoms with Crippen molar-refractivity contribution in [3.8, 4) is 0 Å². The van der Waals surface area contributed by atoms with Crippen molar-refractivity contribution in [2.75, 3.05) is 5.73 Å². The van der Waals surface area contributed by atoms with Crippen LogP contribution in [0.5, 0.6) is 0 Å². The van der Waals surface area contributed by atoms with E-state index in [1.165, 1.54) is 0 Å². The number of benzene rings is 1. The maximum atomic E-state index is 12.4. The first-order valence-electron chi connectivity index (χ1n) is 7.15. The third kappa shape index (κ3) is 2.41. The Balaban J connectivity index is 2.08. The molecule has 0 aliphatic carbocycles. The van der Waals surface area contributed by atoms with Gasteiger partial charge in [-0.15, -0.1) is 11.6 Å². The summed E-state index contributed by atoms with van der Waals surface area (Å²) in [4.78, 5) is 22.6. The van der Waals surface area contributed by atoms with Gasteiger partial charge in [0.2, 0.25) is 5.95 Å². The normalized spacial score (nSPS) is 15.3. The second kappa shape index (κ2) is 5.57. The number of anilines is 1. The van der Waals surface area contributed by atoms with Gasteiger partial charge in [-0.25, -0.2) is 9.97 Å². The molecule has 1 amide bonds. The first-order valence-corrected chi connectivity index (χ1v) is 7.59. The number of amides is 1. The predicted molar refractivity (Wildman–Crippen MR) is 85.6 cm³/mol. The van der Waals surface area contributed by atoms with Crippen molar-refractivity contribution < 1.29 is 4.79 Å². The van der Waals surface area contributed by atoms with Gasteiger partial charge in [0.25, 0.3) is 5.91 Å². The highest BCUT2D eigenvalue weighted by molar-refractivity contribution is 6.22. The molecule has 1 aromatic heterocycles. The summed E-state index contributed by atoms with van der Waals surface area (Å²) >= 11 is 6.59. The van der Waals surface area contributed by atoms with Crippen LogP contribution in [-0.4, -0.2) is 26.8 Å². The number of carbonyl (C=O) groups is 1. The van der Waals surface area contributed by atoms with Gasteiger partial charge in [0.05, 0.1) is 12.2 Å². The highest BCUT2D eigenvalue weighted by Crippen LogP contribution is 2.35. The molecule has 3 rings (SSSR count). The molecule has 6 heteroatoms. The summed E-state index contributed by atoms with van der Waals surface area (Å²) in [5.41, 5.74) is 8.46. The number of fused-ring (bicyclic) bond motifs is 1. The van der Waals surface area contributed by atoms with Gasteiger partial charge in [0.1, 0.15) is 11.1 Å². The van der Waals surface area contributed by atoms with Gasteiger partial charge in [0.15, 0.2) is 0 Å². The van der Waals surface area contributed by atoms with Crippen LogP contribution in [0.2, 0.25) is 0 Å². The number of nitrogens with two attached hydrogens (primary N) is 1. The van der Waals surface area contributed by atoms with Crippen molar-refractivity contribution >= 4 is 23.5 Å². The molecule has 0 fully saturated rings. The third-order valence-electron chi connectivity index (χ3n) is 3.80. The molecule has 114 valence electrons. The minimum absolute atomic E-state index is 0.0780. The van der Waals surface area contributed by atoms with Crippen molar-refractivity contribution in [3.63, 3.8) is 0 Å². The van der Waals surface area contributed by atoms with Crippen LogP contribution in [0.3, 0.4) is 0 Å². The van der Waals surface area contributed by atoms with Crippen molar-refractivity contribution in [1.29, 1.82) is 0 Å². The largest absolute Gasteiger partial charge is 0.368 e. The predicted octanol–water partition coefficient (Wildman–Crippen LogP) is 2.75. The standard InChI is InChI=1S/C16H17ClN4O/c1-9(2)21-8-11-13(12(17)10-6-4-3-5-7-10)19-16(18)20-14(11)15(21)22/h3-7,9,12H,8H2,1-2H3,(H2,18,19,20). The van der Waals surface area contributed by atoms with Gasteiger partial charge >= 0.3 is 0 Å². The molecule has 0 bridgehead atoms. The van der Waals surface area contributed by atoms with Crippen LogP contribution >= 0.6 is 11.6 Å². The number of halogens is 1. The number of carbonyl (C=O) groups excluding carboxylic acids is 1. The molecule has 22 heavy (non-hydrogen) atoms. The summed E-state index contributed by atoms with van der Waals surface area (Å²) < 4.78 is 0. The number of hydrogen-bond donors (Lipinski definition) is 1. The Kier molecular flexibility index (Phi) is 3.74. The molecule has 5 nitrogen and oxygen atoms in total. The van der Waals surface area contributed by atoms with Crippen molar-refractivity contribution in [2.24, 2.45) is 0 Å². The Hall–Kier alpha value is -2.14. The number of alkyl halides is 1. The van der Waals surface area contributed by atoms with Gasteiger partial charge in [-0.05, 0) is 19.4 Å². The van der Waals surface area contributed by atoms with E-state index in [9.17, 15) is 4.79 Å². The lowest BCUT2D eigenvalue weighted by Gasteiger charge is -2.20. The lowest BCUT2D eigenvalue weighted by molar-refractivity contribution is 0.0726. The van der Waals surface area contributed by atoms with Gasteiger partial charge in [0, 0.05) is 11.6 Å². The van der Waals surface area contributed by atoms with E-state index >= 15 is 0 Å². The summed E-state index contributed by atoms with van der Waals surface area (Å²) in [5, 5.41) is -0.458. The highest BCUT2D eigenvalue weighted by atomic mass is 35.5. The Morgan fingerprint density at radius 2 is 1.91 bits per heavy atom. The topological polar surface area (TPSA) is 72.1 Å². The van der Waals surface area contributed by atoms with Crippen LogP contribution in [0, 0.1) is 0 Å². The number of nitrogens with zero attached hydrogens (tertiary/aromatic N) is 3. The second-order valence-corrected chi connectivity index (χ2v) is 6.03. The van der Waals surface area contributed by atoms with Gasteiger partial charge < -0.3 is 10.6 Å². The van der Waals surface area contributed by atoms with Crippen LogP contribution in [0.25, 0.3) is 0 Å². The Morgan fingerprint density at radius 3 is 2.55 bits per heavy atom. The van der Waals surface area contributed by atoms with Crippen LogP contribution in [-0.2, 0) is 6.54 Å². The molecule has 0 spiro atoms. The third-order valence-corrected chi connectivity index (χ3v) is 4.26. The van der Waals surface area contributed by atoms with Gasteiger partial charge in [-0.3, -0.25) is 4.79 Å². The molecule has 1 aliphatic heterocycles. The van der Waals surface area contributed by atoms with Crippen LogP contribution in [0.1, 0.15) is 46.5 Å².